The van der Waals surface area contributed by atoms with Crippen molar-refractivity contribution >= 4 is 11.7 Å². The van der Waals surface area contributed by atoms with Crippen LogP contribution >= 0.6 is 0 Å². The third-order valence-electron chi connectivity index (χ3n) is 4.12. The van der Waals surface area contributed by atoms with Crippen LogP contribution in [0.2, 0.25) is 0 Å². The Bertz CT molecular complexity index is 953. The molecule has 0 fully saturated rings. The Hall–Kier alpha value is -3.59. The molecule has 0 bridgehead atoms. The number of aromatic nitrogens is 3. The molecule has 0 spiro atoms. The van der Waals surface area contributed by atoms with Crippen molar-refractivity contribution in [3.63, 3.8) is 0 Å². The molecule has 0 radical (unpaired) electrons. The minimum atomic E-state index is -0.227. The number of carbonyl (C=O) groups excluding carboxylic acids is 1. The second kappa shape index (κ2) is 8.68. The lowest BCUT2D eigenvalue weighted by Gasteiger charge is -2.09. The van der Waals surface area contributed by atoms with Crippen molar-refractivity contribution in [3.8, 4) is 12.3 Å². The van der Waals surface area contributed by atoms with Crippen molar-refractivity contribution in [3.05, 3.63) is 77.5 Å². The summed E-state index contributed by atoms with van der Waals surface area (Å²) in [5, 5.41) is 5.89. The van der Waals surface area contributed by atoms with E-state index in [1.54, 1.807) is 12.1 Å². The second-order valence-electron chi connectivity index (χ2n) is 6.09. The molecule has 6 heteroatoms. The Morgan fingerprint density at radius 3 is 2.78 bits per heavy atom. The highest BCUT2D eigenvalue weighted by Gasteiger charge is 2.05. The van der Waals surface area contributed by atoms with Gasteiger partial charge in [0, 0.05) is 31.7 Å². The standard InChI is InChI=1S/C21H21N5O/c1-3-9-23-21(27)19-7-8-20(25-14-19)24-13-17-5-4-6-18(12-17)15-26-11-10-22-16(26)2/h1,4-8,10-12,14H,9,13,15H2,2H3,(H,23,27)(H,24,25). The topological polar surface area (TPSA) is 71.8 Å². The fraction of sp³-hybridized carbons (Fsp3) is 0.190. The highest BCUT2D eigenvalue weighted by Crippen LogP contribution is 2.11. The lowest BCUT2D eigenvalue weighted by Crippen LogP contribution is -2.23. The van der Waals surface area contributed by atoms with Crippen LogP contribution < -0.4 is 10.6 Å². The van der Waals surface area contributed by atoms with Gasteiger partial charge in [-0.15, -0.1) is 6.42 Å². The molecule has 1 amide bonds. The van der Waals surface area contributed by atoms with E-state index in [1.165, 1.54) is 11.8 Å². The number of anilines is 1. The molecule has 2 heterocycles. The summed E-state index contributed by atoms with van der Waals surface area (Å²) in [6.07, 6.45) is 10.5. The summed E-state index contributed by atoms with van der Waals surface area (Å²) < 4.78 is 2.11. The van der Waals surface area contributed by atoms with E-state index in [0.717, 1.165) is 17.9 Å². The lowest BCUT2D eigenvalue weighted by atomic mass is 10.1. The zero-order chi connectivity index (χ0) is 19.1. The van der Waals surface area contributed by atoms with Gasteiger partial charge in [0.05, 0.1) is 12.1 Å². The highest BCUT2D eigenvalue weighted by atomic mass is 16.1. The number of nitrogens with zero attached hydrogens (tertiary/aromatic N) is 3. The van der Waals surface area contributed by atoms with Crippen LogP contribution in [0.15, 0.2) is 55.0 Å². The molecule has 3 aromatic rings. The number of benzene rings is 1. The summed E-state index contributed by atoms with van der Waals surface area (Å²) in [5.41, 5.74) is 2.85. The Morgan fingerprint density at radius 1 is 1.22 bits per heavy atom. The van der Waals surface area contributed by atoms with Gasteiger partial charge in [-0.05, 0) is 30.2 Å². The molecule has 0 aliphatic heterocycles. The first-order valence-corrected chi connectivity index (χ1v) is 8.63. The molecule has 3 rings (SSSR count). The molecular weight excluding hydrogens is 338 g/mol. The predicted octanol–water partition coefficient (Wildman–Crippen LogP) is 2.61. The SMILES string of the molecule is C#CCNC(=O)c1ccc(NCc2cccc(Cn3ccnc3C)c2)nc1. The minimum absolute atomic E-state index is 0.202. The van der Waals surface area contributed by atoms with Gasteiger partial charge in [0.2, 0.25) is 0 Å². The number of nitrogens with one attached hydrogen (secondary N) is 2. The number of rotatable bonds is 7. The van der Waals surface area contributed by atoms with Crippen LogP contribution in [0.5, 0.6) is 0 Å². The number of amides is 1. The number of carbonyl (C=O) groups is 1. The summed E-state index contributed by atoms with van der Waals surface area (Å²) in [5.74, 6) is 3.84. The van der Waals surface area contributed by atoms with Crippen molar-refractivity contribution in [2.24, 2.45) is 0 Å². The fourth-order valence-corrected chi connectivity index (χ4v) is 2.66. The monoisotopic (exact) mass is 359 g/mol. The van der Waals surface area contributed by atoms with Crippen LogP contribution in [0, 0.1) is 19.3 Å². The number of imidazole rings is 1. The fourth-order valence-electron chi connectivity index (χ4n) is 2.66. The third-order valence-corrected chi connectivity index (χ3v) is 4.12. The molecule has 136 valence electrons. The molecule has 0 saturated carbocycles. The Balaban J connectivity index is 1.58. The molecule has 0 unspecified atom stereocenters. The summed E-state index contributed by atoms with van der Waals surface area (Å²) in [6.45, 7) is 3.63. The van der Waals surface area contributed by atoms with Gasteiger partial charge in [0.1, 0.15) is 11.6 Å². The number of terminal acetylenes is 1. The number of aryl methyl sites for hydroxylation is 1. The molecular formula is C21H21N5O. The first-order chi connectivity index (χ1) is 13.2. The quantitative estimate of drug-likeness (QED) is 0.636. The second-order valence-corrected chi connectivity index (χ2v) is 6.09. The van der Waals surface area contributed by atoms with Crippen LogP contribution in [-0.4, -0.2) is 27.0 Å². The van der Waals surface area contributed by atoms with Gasteiger partial charge in [-0.2, -0.15) is 0 Å². The zero-order valence-corrected chi connectivity index (χ0v) is 15.1. The molecule has 1 aromatic carbocycles. The zero-order valence-electron chi connectivity index (χ0n) is 15.1. The Labute approximate surface area is 158 Å². The van der Waals surface area contributed by atoms with Crippen molar-refractivity contribution in [2.75, 3.05) is 11.9 Å². The van der Waals surface area contributed by atoms with Gasteiger partial charge in [0.25, 0.3) is 5.91 Å². The smallest absolute Gasteiger partial charge is 0.253 e. The van der Waals surface area contributed by atoms with Crippen molar-refractivity contribution in [1.82, 2.24) is 19.9 Å². The largest absolute Gasteiger partial charge is 0.366 e. The molecule has 0 saturated heterocycles. The Morgan fingerprint density at radius 2 is 2.07 bits per heavy atom. The lowest BCUT2D eigenvalue weighted by molar-refractivity contribution is 0.0958. The van der Waals surface area contributed by atoms with E-state index >= 15 is 0 Å². The van der Waals surface area contributed by atoms with Crippen LogP contribution in [0.25, 0.3) is 0 Å². The van der Waals surface area contributed by atoms with Gasteiger partial charge < -0.3 is 15.2 Å². The summed E-state index contributed by atoms with van der Waals surface area (Å²) in [6, 6.07) is 11.9. The first kappa shape index (κ1) is 18.2. The molecule has 0 aliphatic rings. The van der Waals surface area contributed by atoms with Crippen LogP contribution in [-0.2, 0) is 13.1 Å². The molecule has 27 heavy (non-hydrogen) atoms. The average Bonchev–Trinajstić information content (AvgIpc) is 3.09. The van der Waals surface area contributed by atoms with Crippen molar-refractivity contribution in [1.29, 1.82) is 0 Å². The maximum absolute atomic E-state index is 11.8. The third kappa shape index (κ3) is 4.95. The highest BCUT2D eigenvalue weighted by molar-refractivity contribution is 5.94. The predicted molar refractivity (Wildman–Crippen MR) is 105 cm³/mol. The minimum Gasteiger partial charge on any atom is -0.366 e. The maximum atomic E-state index is 11.8. The van der Waals surface area contributed by atoms with Crippen LogP contribution in [0.3, 0.4) is 0 Å². The maximum Gasteiger partial charge on any atom is 0.253 e. The summed E-state index contributed by atoms with van der Waals surface area (Å²) in [4.78, 5) is 20.3. The van der Waals surface area contributed by atoms with Gasteiger partial charge in [-0.3, -0.25) is 4.79 Å². The van der Waals surface area contributed by atoms with E-state index in [9.17, 15) is 4.79 Å². The summed E-state index contributed by atoms with van der Waals surface area (Å²) in [7, 11) is 0. The molecule has 2 aromatic heterocycles. The summed E-state index contributed by atoms with van der Waals surface area (Å²) >= 11 is 0. The molecule has 0 aliphatic carbocycles. The van der Waals surface area contributed by atoms with Gasteiger partial charge in [0.15, 0.2) is 0 Å². The van der Waals surface area contributed by atoms with Gasteiger partial charge >= 0.3 is 0 Å². The van der Waals surface area contributed by atoms with E-state index in [4.69, 9.17) is 6.42 Å². The number of hydrogen-bond acceptors (Lipinski definition) is 4. The van der Waals surface area contributed by atoms with Gasteiger partial charge in [-0.25, -0.2) is 9.97 Å². The normalized spacial score (nSPS) is 10.2. The van der Waals surface area contributed by atoms with Crippen LogP contribution in [0.4, 0.5) is 5.82 Å². The van der Waals surface area contributed by atoms with E-state index in [-0.39, 0.29) is 12.5 Å². The average molecular weight is 359 g/mol. The first-order valence-electron chi connectivity index (χ1n) is 8.63. The van der Waals surface area contributed by atoms with Crippen molar-refractivity contribution in [2.45, 2.75) is 20.0 Å². The Kier molecular flexibility index (Phi) is 5.85. The molecule has 2 N–H and O–H groups in total. The van der Waals surface area contributed by atoms with Crippen molar-refractivity contribution < 1.29 is 4.79 Å². The van der Waals surface area contributed by atoms with E-state index in [0.29, 0.717) is 17.9 Å². The van der Waals surface area contributed by atoms with Gasteiger partial charge in [-0.1, -0.05) is 30.2 Å². The number of hydrogen-bond donors (Lipinski definition) is 2. The van der Waals surface area contributed by atoms with E-state index in [2.05, 4.69) is 49.3 Å². The number of pyridine rings is 1. The van der Waals surface area contributed by atoms with E-state index in [1.807, 2.05) is 25.4 Å². The molecule has 6 nitrogen and oxygen atoms in total. The van der Waals surface area contributed by atoms with Crippen LogP contribution in [0.1, 0.15) is 27.3 Å². The van der Waals surface area contributed by atoms with E-state index < -0.39 is 0 Å². The molecule has 0 atom stereocenters.